The average molecular weight is 311 g/mol. The van der Waals surface area contributed by atoms with Crippen LogP contribution in [0.25, 0.3) is 0 Å². The van der Waals surface area contributed by atoms with Crippen LogP contribution < -0.4 is 5.32 Å². The Hall–Kier alpha value is -0.490. The van der Waals surface area contributed by atoms with Crippen LogP contribution in [0.5, 0.6) is 0 Å². The van der Waals surface area contributed by atoms with Gasteiger partial charge in [-0.1, -0.05) is 20.8 Å². The fourth-order valence-electron chi connectivity index (χ4n) is 2.65. The van der Waals surface area contributed by atoms with Crippen molar-refractivity contribution in [3.05, 3.63) is 16.1 Å². The Morgan fingerprint density at radius 1 is 1.33 bits per heavy atom. The topological polar surface area (TPSA) is 37.4 Å². The Balaban J connectivity index is 1.69. The third-order valence-corrected chi connectivity index (χ3v) is 4.92. The SMILES string of the molecule is C[C@@H]1CN(CCNCc2csc(C(C)(C)C)n2)C[C@H](C)O1. The first-order valence-corrected chi connectivity index (χ1v) is 8.76. The predicted molar refractivity (Wildman–Crippen MR) is 89.0 cm³/mol. The number of morpholine rings is 1. The van der Waals surface area contributed by atoms with Crippen LogP contribution in [0, 0.1) is 0 Å². The first kappa shape index (κ1) is 16.9. The maximum Gasteiger partial charge on any atom is 0.0982 e. The van der Waals surface area contributed by atoms with E-state index in [2.05, 4.69) is 50.2 Å². The maximum absolute atomic E-state index is 5.76. The van der Waals surface area contributed by atoms with Crippen molar-refractivity contribution in [1.82, 2.24) is 15.2 Å². The maximum atomic E-state index is 5.76. The highest BCUT2D eigenvalue weighted by molar-refractivity contribution is 7.09. The van der Waals surface area contributed by atoms with E-state index >= 15 is 0 Å². The first-order valence-electron chi connectivity index (χ1n) is 7.88. The van der Waals surface area contributed by atoms with Gasteiger partial charge in [0.25, 0.3) is 0 Å². The lowest BCUT2D eigenvalue weighted by molar-refractivity contribution is -0.0674. The standard InChI is InChI=1S/C16H29N3OS/c1-12-9-19(10-13(2)20-12)7-6-17-8-14-11-21-15(18-14)16(3,4)5/h11-13,17H,6-10H2,1-5H3/t12-,13+. The Morgan fingerprint density at radius 3 is 2.57 bits per heavy atom. The average Bonchev–Trinajstić information content (AvgIpc) is 2.82. The molecular formula is C16H29N3OS. The van der Waals surface area contributed by atoms with E-state index in [0.717, 1.165) is 38.4 Å². The number of ether oxygens (including phenoxy) is 1. The molecule has 1 aliphatic heterocycles. The van der Waals surface area contributed by atoms with Crippen molar-refractivity contribution < 1.29 is 4.74 Å². The molecular weight excluding hydrogens is 282 g/mol. The number of hydrogen-bond donors (Lipinski definition) is 1. The van der Waals surface area contributed by atoms with Crippen molar-refractivity contribution >= 4 is 11.3 Å². The van der Waals surface area contributed by atoms with Gasteiger partial charge in [-0.15, -0.1) is 11.3 Å². The molecule has 2 rings (SSSR count). The monoisotopic (exact) mass is 311 g/mol. The molecule has 1 aromatic rings. The summed E-state index contributed by atoms with van der Waals surface area (Å²) in [6.07, 6.45) is 0.697. The van der Waals surface area contributed by atoms with Crippen LogP contribution in [0.1, 0.15) is 45.3 Å². The van der Waals surface area contributed by atoms with E-state index in [0.29, 0.717) is 12.2 Å². The molecule has 4 nitrogen and oxygen atoms in total. The third kappa shape index (κ3) is 5.33. The third-order valence-electron chi connectivity index (χ3n) is 3.60. The van der Waals surface area contributed by atoms with Crippen LogP contribution in [0.15, 0.2) is 5.38 Å². The summed E-state index contributed by atoms with van der Waals surface area (Å²) in [5, 5.41) is 6.90. The van der Waals surface area contributed by atoms with Crippen molar-refractivity contribution in [2.45, 2.75) is 58.8 Å². The molecule has 120 valence electrons. The van der Waals surface area contributed by atoms with Gasteiger partial charge in [-0.3, -0.25) is 4.90 Å². The molecule has 0 aliphatic carbocycles. The summed E-state index contributed by atoms with van der Waals surface area (Å²) in [7, 11) is 0. The molecule has 0 spiro atoms. The summed E-state index contributed by atoms with van der Waals surface area (Å²) in [5.74, 6) is 0. The smallest absolute Gasteiger partial charge is 0.0982 e. The van der Waals surface area contributed by atoms with E-state index in [-0.39, 0.29) is 5.41 Å². The number of hydrogen-bond acceptors (Lipinski definition) is 5. The number of thiazole rings is 1. The lowest BCUT2D eigenvalue weighted by Crippen LogP contribution is -2.47. The van der Waals surface area contributed by atoms with Gasteiger partial charge in [0.1, 0.15) is 0 Å². The van der Waals surface area contributed by atoms with Gasteiger partial charge in [0.15, 0.2) is 0 Å². The van der Waals surface area contributed by atoms with Crippen LogP contribution in [-0.4, -0.2) is 48.3 Å². The quantitative estimate of drug-likeness (QED) is 0.848. The van der Waals surface area contributed by atoms with E-state index in [9.17, 15) is 0 Å². The Morgan fingerprint density at radius 2 is 2.00 bits per heavy atom. The minimum Gasteiger partial charge on any atom is -0.373 e. The molecule has 1 aliphatic rings. The molecule has 1 N–H and O–H groups in total. The van der Waals surface area contributed by atoms with Crippen LogP contribution in [0.4, 0.5) is 0 Å². The molecule has 0 saturated carbocycles. The zero-order valence-corrected chi connectivity index (χ0v) is 14.8. The molecule has 1 saturated heterocycles. The molecule has 0 bridgehead atoms. The Bertz CT molecular complexity index is 431. The van der Waals surface area contributed by atoms with Gasteiger partial charge >= 0.3 is 0 Å². The molecule has 0 aromatic carbocycles. The largest absolute Gasteiger partial charge is 0.373 e. The zero-order valence-electron chi connectivity index (χ0n) is 14.0. The van der Waals surface area contributed by atoms with Crippen molar-refractivity contribution in [1.29, 1.82) is 0 Å². The molecule has 0 amide bonds. The van der Waals surface area contributed by atoms with Gasteiger partial charge in [-0.2, -0.15) is 0 Å². The molecule has 21 heavy (non-hydrogen) atoms. The minimum absolute atomic E-state index is 0.156. The van der Waals surface area contributed by atoms with Gasteiger partial charge in [-0.05, 0) is 13.8 Å². The molecule has 5 heteroatoms. The van der Waals surface area contributed by atoms with Crippen molar-refractivity contribution in [3.63, 3.8) is 0 Å². The van der Waals surface area contributed by atoms with E-state index < -0.39 is 0 Å². The highest BCUT2D eigenvalue weighted by Crippen LogP contribution is 2.25. The van der Waals surface area contributed by atoms with Gasteiger partial charge < -0.3 is 10.1 Å². The van der Waals surface area contributed by atoms with Gasteiger partial charge in [0.2, 0.25) is 0 Å². The van der Waals surface area contributed by atoms with Crippen LogP contribution in [0.3, 0.4) is 0 Å². The first-order chi connectivity index (χ1) is 9.84. The second kappa shape index (κ2) is 7.18. The van der Waals surface area contributed by atoms with Crippen molar-refractivity contribution in [2.75, 3.05) is 26.2 Å². The Labute approximate surface area is 132 Å². The molecule has 2 heterocycles. The van der Waals surface area contributed by atoms with Gasteiger partial charge in [-0.25, -0.2) is 4.98 Å². The fourth-order valence-corrected chi connectivity index (χ4v) is 3.56. The number of nitrogens with one attached hydrogen (secondary N) is 1. The second-order valence-corrected chi connectivity index (χ2v) is 7.95. The van der Waals surface area contributed by atoms with Crippen LogP contribution in [-0.2, 0) is 16.7 Å². The number of rotatable bonds is 5. The fraction of sp³-hybridized carbons (Fsp3) is 0.812. The molecule has 2 atom stereocenters. The van der Waals surface area contributed by atoms with Crippen LogP contribution in [0.2, 0.25) is 0 Å². The molecule has 1 aromatic heterocycles. The summed E-state index contributed by atoms with van der Waals surface area (Å²) in [6, 6.07) is 0. The highest BCUT2D eigenvalue weighted by Gasteiger charge is 2.21. The van der Waals surface area contributed by atoms with Crippen LogP contribution >= 0.6 is 11.3 Å². The zero-order chi connectivity index (χ0) is 15.5. The minimum atomic E-state index is 0.156. The van der Waals surface area contributed by atoms with E-state index in [1.165, 1.54) is 5.01 Å². The normalized spacial score (nSPS) is 24.4. The Kier molecular flexibility index (Phi) is 5.77. The molecule has 0 unspecified atom stereocenters. The summed E-state index contributed by atoms with van der Waals surface area (Å²) in [5.41, 5.74) is 1.32. The highest BCUT2D eigenvalue weighted by atomic mass is 32.1. The number of aromatic nitrogens is 1. The van der Waals surface area contributed by atoms with Gasteiger partial charge in [0.05, 0.1) is 22.9 Å². The summed E-state index contributed by atoms with van der Waals surface area (Å²) >= 11 is 1.77. The predicted octanol–water partition coefficient (Wildman–Crippen LogP) is 2.64. The van der Waals surface area contributed by atoms with E-state index in [1.807, 2.05) is 0 Å². The molecule has 1 fully saturated rings. The van der Waals surface area contributed by atoms with E-state index in [1.54, 1.807) is 11.3 Å². The van der Waals surface area contributed by atoms with Crippen molar-refractivity contribution in [2.24, 2.45) is 0 Å². The van der Waals surface area contributed by atoms with Gasteiger partial charge in [0, 0.05) is 43.5 Å². The lowest BCUT2D eigenvalue weighted by atomic mass is 9.98. The summed E-state index contributed by atoms with van der Waals surface area (Å²) in [6.45, 7) is 16.0. The summed E-state index contributed by atoms with van der Waals surface area (Å²) in [4.78, 5) is 7.19. The second-order valence-electron chi connectivity index (χ2n) is 7.09. The molecule has 0 radical (unpaired) electrons. The summed E-state index contributed by atoms with van der Waals surface area (Å²) < 4.78 is 5.76. The van der Waals surface area contributed by atoms with E-state index in [4.69, 9.17) is 9.72 Å². The lowest BCUT2D eigenvalue weighted by Gasteiger charge is -2.35. The number of nitrogens with zero attached hydrogens (tertiary/aromatic N) is 2. The van der Waals surface area contributed by atoms with Crippen molar-refractivity contribution in [3.8, 4) is 0 Å².